The standard InChI is InChI=1S/C7H6BrN3.4H2/c8-7-3-1-6(2-4-7)5-10-11-9;;;;/h1-4H,5H2;4*1H/i;3*1+1D;1+1. The van der Waals surface area contributed by atoms with Gasteiger partial charge in [0, 0.05) is 19.7 Å². The summed E-state index contributed by atoms with van der Waals surface area (Å²) in [6, 6.07) is 7.67. The van der Waals surface area contributed by atoms with Gasteiger partial charge in [-0.3, -0.25) is 0 Å². The van der Waals surface area contributed by atoms with Crippen LogP contribution >= 0.6 is 15.9 Å². The highest BCUT2D eigenvalue weighted by molar-refractivity contribution is 9.10. The molecule has 0 N–H and O–H groups in total. The Morgan fingerprint density at radius 2 is 2.18 bits per heavy atom. The second-order valence-electron chi connectivity index (χ2n) is 2.02. The molecule has 0 aliphatic heterocycles. The Kier molecular flexibility index (Phi) is 1.75. The molecule has 0 bridgehead atoms. The topological polar surface area (TPSA) is 48.8 Å². The largest absolute Gasteiger partial charge is 0.0893 e. The highest BCUT2D eigenvalue weighted by atomic mass is 79.9. The average Bonchev–Trinajstić information content (AvgIpc) is 2.45. The first kappa shape index (κ1) is 4.80. The van der Waals surface area contributed by atoms with E-state index >= 15 is 0 Å². The summed E-state index contributed by atoms with van der Waals surface area (Å²) >= 11 is 3.31. The van der Waals surface area contributed by atoms with Crippen LogP contribution < -0.4 is 0 Å². The van der Waals surface area contributed by atoms with E-state index in [1.165, 1.54) is 0 Å². The van der Waals surface area contributed by atoms with E-state index in [4.69, 9.17) is 14.4 Å². The number of halogens is 1. The molecule has 0 radical (unpaired) electrons. The fraction of sp³-hybridized carbons (Fsp3) is 0.143. The lowest BCUT2D eigenvalue weighted by molar-refractivity contribution is 1.05. The summed E-state index contributed by atoms with van der Waals surface area (Å²) in [6.07, 6.45) is 0. The van der Waals surface area contributed by atoms with Crippen LogP contribution in [0.4, 0.5) is 0 Å². The second kappa shape index (κ2) is 4.01. The highest BCUT2D eigenvalue weighted by Crippen LogP contribution is 2.10. The molecule has 0 saturated heterocycles. The molecule has 0 saturated carbocycles. The maximum atomic E-state index is 8.03. The van der Waals surface area contributed by atoms with E-state index in [0.717, 1.165) is 10.0 Å². The fourth-order valence-electron chi connectivity index (χ4n) is 0.703. The van der Waals surface area contributed by atoms with Gasteiger partial charge in [-0.25, -0.2) is 0 Å². The van der Waals surface area contributed by atoms with Crippen molar-refractivity contribution in [3.05, 3.63) is 44.7 Å². The van der Waals surface area contributed by atoms with Crippen molar-refractivity contribution >= 4 is 15.9 Å². The Morgan fingerprint density at radius 1 is 1.55 bits per heavy atom. The van der Waals surface area contributed by atoms with Gasteiger partial charge in [-0.2, -0.15) is 0 Å². The van der Waals surface area contributed by atoms with Crippen molar-refractivity contribution in [3.8, 4) is 0 Å². The van der Waals surface area contributed by atoms with Crippen molar-refractivity contribution in [1.29, 1.82) is 0 Å². The molecule has 0 fully saturated rings. The van der Waals surface area contributed by atoms with Gasteiger partial charge < -0.3 is 0 Å². The molecule has 11 heavy (non-hydrogen) atoms. The number of azide groups is 1. The Labute approximate surface area is 83.5 Å². The second-order valence-corrected chi connectivity index (χ2v) is 2.93. The zero-order valence-corrected chi connectivity index (χ0v) is 7.32. The Balaban J connectivity index is -0.000000123. The van der Waals surface area contributed by atoms with Crippen molar-refractivity contribution < 1.29 is 10.3 Å². The molecule has 0 heterocycles. The molecule has 0 aromatic heterocycles. The Hall–Kier alpha value is -0.990. The van der Waals surface area contributed by atoms with Crippen LogP contribution in [0, 0.1) is 0 Å². The number of rotatable bonds is 2. The Bertz CT molecular complexity index is 292. The normalized spacial score (nSPS) is 11.0. The van der Waals surface area contributed by atoms with E-state index in [1.54, 1.807) is 0 Å². The molecule has 4 heteroatoms. The van der Waals surface area contributed by atoms with Crippen LogP contribution in [-0.4, -0.2) is 0 Å². The first-order valence-corrected chi connectivity index (χ1v) is 3.87. The van der Waals surface area contributed by atoms with Crippen molar-refractivity contribution in [1.82, 2.24) is 0 Å². The van der Waals surface area contributed by atoms with Crippen LogP contribution in [0.25, 0.3) is 10.4 Å². The summed E-state index contributed by atoms with van der Waals surface area (Å²) in [6.45, 7) is 0.420. The van der Waals surface area contributed by atoms with Gasteiger partial charge in [0.25, 0.3) is 0 Å². The lowest BCUT2D eigenvalue weighted by Gasteiger charge is -1.93. The molecular formula is C7H14BrN3. The van der Waals surface area contributed by atoms with Gasteiger partial charge in [0.05, 0.1) is 6.54 Å². The third-order valence-electron chi connectivity index (χ3n) is 1.23. The highest BCUT2D eigenvalue weighted by Gasteiger charge is 1.88. The first-order chi connectivity index (χ1) is 8.33. The zero-order chi connectivity index (χ0) is 14.1. The summed E-state index contributed by atoms with van der Waals surface area (Å²) in [5.41, 5.74) is 9.05. The molecule has 0 atom stereocenters. The molecule has 1 aromatic carbocycles. The first-order valence-electron chi connectivity index (χ1n) is 6.08. The summed E-state index contributed by atoms with van der Waals surface area (Å²) < 4.78 is 31.0. The van der Waals surface area contributed by atoms with Crippen LogP contribution in [-0.2, 0) is 6.54 Å². The van der Waals surface area contributed by atoms with Gasteiger partial charge in [0.15, 0.2) is 0 Å². The number of nitrogens with zero attached hydrogens (tertiary/aromatic N) is 3. The van der Waals surface area contributed by atoms with Crippen LogP contribution in [0.15, 0.2) is 33.9 Å². The molecule has 0 spiro atoms. The molecule has 0 unspecified atom stereocenters. The molecule has 1 aromatic rings. The molecule has 0 amide bonds. The predicted molar refractivity (Wildman–Crippen MR) is 55.4 cm³/mol. The quantitative estimate of drug-likeness (QED) is 0.412. The lowest BCUT2D eigenvalue weighted by atomic mass is 10.2. The maximum absolute atomic E-state index is 8.03. The van der Waals surface area contributed by atoms with Crippen LogP contribution in [0.3, 0.4) is 0 Å². The van der Waals surface area contributed by atoms with Crippen molar-refractivity contribution in [3.63, 3.8) is 0 Å². The van der Waals surface area contributed by atoms with Crippen molar-refractivity contribution in [2.24, 2.45) is 5.11 Å². The van der Waals surface area contributed by atoms with E-state index in [2.05, 4.69) is 26.0 Å². The average molecular weight is 227 g/mol. The zero-order valence-electron chi connectivity index (χ0n) is 11.7. The lowest BCUT2D eigenvalue weighted by Crippen LogP contribution is -1.77. The van der Waals surface area contributed by atoms with Crippen molar-refractivity contribution in [2.45, 2.75) is 6.54 Å². The summed E-state index contributed by atoms with van der Waals surface area (Å²) in [5, 5.41) is 3.44. The molecule has 0 aliphatic rings. The minimum atomic E-state index is 0. The number of hydrogen-bond acceptors (Lipinski definition) is 1. The monoisotopic (exact) mass is 226 g/mol. The van der Waals surface area contributed by atoms with Gasteiger partial charge in [-0.15, -0.1) is 0 Å². The van der Waals surface area contributed by atoms with Gasteiger partial charge in [-0.1, -0.05) is 33.2 Å². The van der Waals surface area contributed by atoms with E-state index in [9.17, 15) is 0 Å². The molecular weight excluding hydrogens is 206 g/mol. The number of hydrogen-bond donors (Lipinski definition) is 0. The molecule has 1 rings (SSSR count). The van der Waals surface area contributed by atoms with E-state index in [0.29, 0.717) is 6.54 Å². The van der Waals surface area contributed by atoms with E-state index < -0.39 is 0 Å². The van der Waals surface area contributed by atoms with E-state index in [-0.39, 0.29) is 1.43 Å². The molecule has 3 nitrogen and oxygen atoms in total. The maximum Gasteiger partial charge on any atom is 0.0510 e. The van der Waals surface area contributed by atoms with Crippen LogP contribution in [0.1, 0.15) is 15.9 Å². The molecule has 0 aliphatic carbocycles. The minimum absolute atomic E-state index is 0. The SMILES string of the molecule is [2HH].[2H][2H].[2H][2H].[2H][2H].[N-]=[N+]=NCc1ccc(Br)cc1. The smallest absolute Gasteiger partial charge is 0.0510 e. The Morgan fingerprint density at radius 3 is 2.73 bits per heavy atom. The van der Waals surface area contributed by atoms with Crippen LogP contribution in [0.5, 0.6) is 0 Å². The van der Waals surface area contributed by atoms with Crippen molar-refractivity contribution in [2.75, 3.05) is 0 Å². The molecule has 64 valence electrons. The third kappa shape index (κ3) is 2.62. The fourth-order valence-corrected chi connectivity index (χ4v) is 0.967. The van der Waals surface area contributed by atoms with Crippen LogP contribution in [0.2, 0.25) is 0 Å². The third-order valence-corrected chi connectivity index (χ3v) is 1.76. The predicted octanol–water partition coefficient (Wildman–Crippen LogP) is 4.24. The van der Waals surface area contributed by atoms with E-state index in [1.807, 2.05) is 24.3 Å². The van der Waals surface area contributed by atoms with Gasteiger partial charge in [0.1, 0.15) is 0 Å². The summed E-state index contributed by atoms with van der Waals surface area (Å²) in [4.78, 5) is 2.67. The minimum Gasteiger partial charge on any atom is -0.0893 e. The van der Waals surface area contributed by atoms with Gasteiger partial charge in [-0.05, 0) is 23.2 Å². The van der Waals surface area contributed by atoms with Gasteiger partial charge in [0.2, 0.25) is 0 Å². The number of benzene rings is 1. The summed E-state index contributed by atoms with van der Waals surface area (Å²) in [7, 11) is 0. The summed E-state index contributed by atoms with van der Waals surface area (Å²) in [5.74, 6) is 0. The van der Waals surface area contributed by atoms with Gasteiger partial charge >= 0.3 is 0 Å².